The van der Waals surface area contributed by atoms with E-state index in [0.29, 0.717) is 22.6 Å². The fraction of sp³-hybridized carbons (Fsp3) is 0.238. The predicted octanol–water partition coefficient (Wildman–Crippen LogP) is 6.83. The van der Waals surface area contributed by atoms with Crippen LogP contribution in [0.5, 0.6) is 0 Å². The number of allylic oxidation sites excluding steroid dienone is 3. The number of halogens is 4. The zero-order valence-electron chi connectivity index (χ0n) is 15.2. The summed E-state index contributed by atoms with van der Waals surface area (Å²) < 4.78 is 32.3. The van der Waals surface area contributed by atoms with E-state index in [0.717, 1.165) is 16.7 Å². The lowest BCUT2D eigenvalue weighted by molar-refractivity contribution is 0.263. The van der Waals surface area contributed by atoms with Crippen molar-refractivity contribution in [2.75, 3.05) is 0 Å². The van der Waals surface area contributed by atoms with E-state index in [1.807, 2.05) is 26.0 Å². The molecule has 0 unspecified atom stereocenters. The molecule has 0 aliphatic heterocycles. The van der Waals surface area contributed by atoms with E-state index >= 15 is 0 Å². The van der Waals surface area contributed by atoms with Gasteiger partial charge in [0.05, 0.1) is 0 Å². The summed E-state index contributed by atoms with van der Waals surface area (Å²) in [6.45, 7) is 5.64. The molecule has 2 N–H and O–H groups in total. The van der Waals surface area contributed by atoms with Crippen LogP contribution in [0.1, 0.15) is 43.0 Å². The number of hydrogen-bond donors (Lipinski definition) is 0. The normalized spacial score (nSPS) is 13.4. The zero-order valence-corrected chi connectivity index (χ0v) is 19.6. The van der Waals surface area contributed by atoms with Gasteiger partial charge < -0.3 is 9.84 Å². The Morgan fingerprint density at radius 1 is 1.11 bits per heavy atom. The molecular formula is C21H21F2I2O2+. The predicted molar refractivity (Wildman–Crippen MR) is 124 cm³/mol. The first-order valence-electron chi connectivity index (χ1n) is 8.28. The highest BCUT2D eigenvalue weighted by molar-refractivity contribution is 14.2. The van der Waals surface area contributed by atoms with E-state index in [4.69, 9.17) is 9.84 Å². The Kier molecular flexibility index (Phi) is 7.67. The first-order chi connectivity index (χ1) is 12.6. The van der Waals surface area contributed by atoms with Crippen LogP contribution in [0.15, 0.2) is 54.3 Å². The summed E-state index contributed by atoms with van der Waals surface area (Å²) in [7, 11) is 0. The minimum absolute atomic E-state index is 0.278. The molecule has 2 nitrogen and oxygen atoms in total. The second-order valence-corrected chi connectivity index (χ2v) is 11.1. The monoisotopic (exact) mass is 597 g/mol. The van der Waals surface area contributed by atoms with Crippen molar-refractivity contribution in [3.63, 3.8) is 0 Å². The fourth-order valence-corrected chi connectivity index (χ4v) is 3.24. The molecule has 0 aliphatic rings. The van der Waals surface area contributed by atoms with Gasteiger partial charge in [-0.15, -0.1) is 0 Å². The molecular weight excluding hydrogens is 576 g/mol. The van der Waals surface area contributed by atoms with Gasteiger partial charge in [-0.2, -0.15) is 0 Å². The largest absolute Gasteiger partial charge is 0.596 e. The average molecular weight is 597 g/mol. The van der Waals surface area contributed by atoms with Gasteiger partial charge in [-0.05, 0) is 88.4 Å². The second kappa shape index (κ2) is 9.36. The Bertz CT molecular complexity index is 863. The van der Waals surface area contributed by atoms with E-state index in [9.17, 15) is 8.78 Å². The Morgan fingerprint density at radius 3 is 2.26 bits per heavy atom. The molecule has 2 aromatic rings. The first kappa shape index (κ1) is 22.1. The van der Waals surface area contributed by atoms with E-state index in [2.05, 4.69) is 0 Å². The Balaban J connectivity index is 2.26. The van der Waals surface area contributed by atoms with Crippen LogP contribution in [0.4, 0.5) is 8.78 Å². The van der Waals surface area contributed by atoms with Gasteiger partial charge in [-0.3, -0.25) is 0 Å². The fourth-order valence-electron chi connectivity index (χ4n) is 2.52. The lowest BCUT2D eigenvalue weighted by atomic mass is 9.98. The third-order valence-corrected chi connectivity index (χ3v) is 5.40. The second-order valence-electron chi connectivity index (χ2n) is 6.08. The molecule has 6 heteroatoms. The smallest absolute Gasteiger partial charge is 0.235 e. The molecule has 2 aromatic carbocycles. The number of hydrogen-bond acceptors (Lipinski definition) is 1. The zero-order chi connectivity index (χ0) is 20.2. The topological polar surface area (TPSA) is 32.1 Å². The molecule has 0 aromatic heterocycles. The molecule has 0 radical (unpaired) electrons. The summed E-state index contributed by atoms with van der Waals surface area (Å²) in [5.41, 5.74) is 3.61. The average Bonchev–Trinajstić information content (AvgIpc) is 2.61. The minimum Gasteiger partial charge on any atom is -0.596 e. The van der Waals surface area contributed by atoms with Crippen molar-refractivity contribution in [2.24, 2.45) is 0 Å². The third kappa shape index (κ3) is 5.91. The van der Waals surface area contributed by atoms with E-state index < -0.39 is 1.68 Å². The van der Waals surface area contributed by atoms with Crippen LogP contribution in [-0.2, 0) is 13.0 Å². The van der Waals surface area contributed by atoms with Crippen molar-refractivity contribution in [3.05, 3.63) is 82.4 Å². The van der Waals surface area contributed by atoms with E-state index in [-0.39, 0.29) is 12.4 Å². The van der Waals surface area contributed by atoms with Gasteiger partial charge in [0, 0.05) is 23.6 Å². The molecule has 0 amide bonds. The molecule has 0 spiro atoms. The van der Waals surface area contributed by atoms with E-state index in [1.165, 1.54) is 12.1 Å². The van der Waals surface area contributed by atoms with Gasteiger partial charge in [0.1, 0.15) is 18.2 Å². The molecule has 0 fully saturated rings. The van der Waals surface area contributed by atoms with Crippen molar-refractivity contribution in [1.82, 2.24) is 0 Å². The van der Waals surface area contributed by atoms with Crippen LogP contribution >= 0.6 is 45.2 Å². The van der Waals surface area contributed by atoms with Crippen LogP contribution in [0.2, 0.25) is 0 Å². The minimum atomic E-state index is -1.45. The van der Waals surface area contributed by atoms with E-state index in [1.54, 1.807) is 76.4 Å². The van der Waals surface area contributed by atoms with Crippen LogP contribution in [0.3, 0.4) is 0 Å². The highest BCUT2D eigenvalue weighted by Crippen LogP contribution is 2.40. The first-order valence-corrected chi connectivity index (χ1v) is 10.4. The molecule has 0 bridgehead atoms. The van der Waals surface area contributed by atoms with Gasteiger partial charge in [0.25, 0.3) is 0 Å². The van der Waals surface area contributed by atoms with Gasteiger partial charge in [0.15, 0.2) is 0 Å². The summed E-state index contributed by atoms with van der Waals surface area (Å²) in [6, 6.07) is 11.6. The summed E-state index contributed by atoms with van der Waals surface area (Å²) in [5, 5.41) is 7.87. The Hall–Kier alpha value is -1.16. The van der Waals surface area contributed by atoms with Crippen molar-refractivity contribution >= 4 is 56.5 Å². The van der Waals surface area contributed by atoms with Crippen molar-refractivity contribution in [1.29, 1.82) is 0 Å². The number of rotatable bonds is 6. The Morgan fingerprint density at radius 2 is 1.74 bits per heavy atom. The molecule has 0 saturated heterocycles. The third-order valence-electron chi connectivity index (χ3n) is 4.15. The van der Waals surface area contributed by atoms with Crippen LogP contribution in [0, 0.1) is 5.82 Å². The lowest BCUT2D eigenvalue weighted by Crippen LogP contribution is -2.01. The van der Waals surface area contributed by atoms with Gasteiger partial charge >= 0.3 is 0 Å². The van der Waals surface area contributed by atoms with Crippen molar-refractivity contribution in [3.8, 4) is 0 Å². The maximum Gasteiger partial charge on any atom is 0.235 e. The van der Waals surface area contributed by atoms with Crippen LogP contribution in [-0.4, -0.2) is 5.11 Å². The number of ether oxygens (including phenoxy) is 1. The molecule has 0 saturated carbocycles. The number of benzene rings is 2. The lowest BCUT2D eigenvalue weighted by Gasteiger charge is -2.16. The SMILES string of the molecule is C/C=C(/OCc1ccc(C(F)(I)I)cc1)c1cc(F)ccc1/C(C)=C(\C)[OH2+]. The van der Waals surface area contributed by atoms with Crippen molar-refractivity contribution in [2.45, 2.75) is 29.1 Å². The summed E-state index contributed by atoms with van der Waals surface area (Å²) in [5.74, 6) is 0.595. The van der Waals surface area contributed by atoms with Crippen LogP contribution in [0.25, 0.3) is 11.3 Å². The molecule has 144 valence electrons. The standard InChI is InChI=1S/C21H20F2I2O2/c1-4-20(19-11-17(22)9-10-18(19)13(2)14(3)26)27-12-15-5-7-16(8-6-15)21(23,24)25/h4-11,26H,12H2,1-3H3/p+1/b14-13+,20-4+. The molecule has 0 atom stereocenters. The Labute approximate surface area is 185 Å². The maximum absolute atomic E-state index is 13.9. The molecule has 0 aliphatic carbocycles. The quantitative estimate of drug-likeness (QED) is 0.156. The van der Waals surface area contributed by atoms with Crippen LogP contribution < -0.4 is 0 Å². The van der Waals surface area contributed by atoms with Crippen molar-refractivity contribution < 1.29 is 18.6 Å². The van der Waals surface area contributed by atoms with Gasteiger partial charge in [-0.25, -0.2) is 8.78 Å². The van der Waals surface area contributed by atoms with Gasteiger partial charge in [-0.1, -0.05) is 30.3 Å². The summed E-state index contributed by atoms with van der Waals surface area (Å²) in [4.78, 5) is 0. The van der Waals surface area contributed by atoms with Gasteiger partial charge in [0.2, 0.25) is 7.44 Å². The highest BCUT2D eigenvalue weighted by atomic mass is 127. The summed E-state index contributed by atoms with van der Waals surface area (Å²) in [6.07, 6.45) is 1.78. The molecule has 27 heavy (non-hydrogen) atoms. The summed E-state index contributed by atoms with van der Waals surface area (Å²) >= 11 is 3.48. The molecule has 2 rings (SSSR count). The highest BCUT2D eigenvalue weighted by Gasteiger charge is 2.23. The molecule has 0 heterocycles. The maximum atomic E-state index is 13.9. The number of alkyl halides is 3.